The molecule has 1 aliphatic heterocycles. The third-order valence-electron chi connectivity index (χ3n) is 4.81. The highest BCUT2D eigenvalue weighted by atomic mass is 35.5. The molecule has 1 aliphatic rings. The minimum Gasteiger partial charge on any atom is -0.478 e. The fourth-order valence-corrected chi connectivity index (χ4v) is 4.74. The Morgan fingerprint density at radius 2 is 1.66 bits per heavy atom. The smallest absolute Gasteiger partial charge is 0.263 e. The maximum Gasteiger partial charge on any atom is 0.263 e. The number of benzene rings is 2. The molecule has 0 bridgehead atoms. The monoisotopic (exact) mass is 436 g/mol. The van der Waals surface area contributed by atoms with Crippen molar-refractivity contribution in [1.29, 1.82) is 0 Å². The van der Waals surface area contributed by atoms with E-state index in [0.29, 0.717) is 23.9 Å². The standard InChI is InChI=1S/C21H25ClN2O4S/c1-21(2,28-18-9-7-17(22)8-10-18)20(25)23-15-16-5-11-19(12-6-16)29(26,27)24-13-3-4-14-24/h5-12H,3-4,13-15H2,1-2H3,(H,23,25). The molecule has 1 fully saturated rings. The molecule has 2 aromatic rings. The lowest BCUT2D eigenvalue weighted by molar-refractivity contribution is -0.134. The molecule has 156 valence electrons. The molecule has 2 aromatic carbocycles. The summed E-state index contributed by atoms with van der Waals surface area (Å²) in [5, 5.41) is 3.43. The van der Waals surface area contributed by atoms with Gasteiger partial charge in [0.2, 0.25) is 10.0 Å². The molecule has 6 nitrogen and oxygen atoms in total. The Labute approximate surface area is 176 Å². The average Bonchev–Trinajstić information content (AvgIpc) is 3.24. The highest BCUT2D eigenvalue weighted by molar-refractivity contribution is 7.89. The van der Waals surface area contributed by atoms with Crippen molar-refractivity contribution in [2.75, 3.05) is 13.1 Å². The summed E-state index contributed by atoms with van der Waals surface area (Å²) in [7, 11) is -3.43. The number of halogens is 1. The van der Waals surface area contributed by atoms with Gasteiger partial charge in [0.1, 0.15) is 5.75 Å². The number of carbonyl (C=O) groups is 1. The quantitative estimate of drug-likeness (QED) is 0.719. The van der Waals surface area contributed by atoms with Crippen molar-refractivity contribution in [2.24, 2.45) is 0 Å². The maximum atomic E-state index is 12.6. The van der Waals surface area contributed by atoms with Gasteiger partial charge >= 0.3 is 0 Å². The summed E-state index contributed by atoms with van der Waals surface area (Å²) in [4.78, 5) is 12.8. The summed E-state index contributed by atoms with van der Waals surface area (Å²) in [5.74, 6) is 0.271. The van der Waals surface area contributed by atoms with Gasteiger partial charge in [-0.15, -0.1) is 0 Å². The average molecular weight is 437 g/mol. The molecule has 1 amide bonds. The highest BCUT2D eigenvalue weighted by Gasteiger charge is 2.30. The van der Waals surface area contributed by atoms with Crippen LogP contribution in [0.15, 0.2) is 53.4 Å². The number of nitrogens with zero attached hydrogens (tertiary/aromatic N) is 1. The van der Waals surface area contributed by atoms with E-state index < -0.39 is 15.6 Å². The van der Waals surface area contributed by atoms with Crippen LogP contribution in [-0.4, -0.2) is 37.3 Å². The first-order chi connectivity index (χ1) is 13.7. The first-order valence-electron chi connectivity index (χ1n) is 9.50. The second kappa shape index (κ2) is 8.73. The predicted octanol–water partition coefficient (Wildman–Crippen LogP) is 3.60. The van der Waals surface area contributed by atoms with E-state index in [1.54, 1.807) is 62.4 Å². The van der Waals surface area contributed by atoms with Gasteiger partial charge in [0.25, 0.3) is 5.91 Å². The molecule has 8 heteroatoms. The lowest BCUT2D eigenvalue weighted by atomic mass is 10.1. The predicted molar refractivity (Wildman–Crippen MR) is 112 cm³/mol. The molecule has 1 saturated heterocycles. The number of hydrogen-bond donors (Lipinski definition) is 1. The molecular formula is C21H25ClN2O4S. The van der Waals surface area contributed by atoms with Gasteiger partial charge in [-0.1, -0.05) is 23.7 Å². The first-order valence-corrected chi connectivity index (χ1v) is 11.3. The molecule has 0 radical (unpaired) electrons. The maximum absolute atomic E-state index is 12.6. The number of nitrogens with one attached hydrogen (secondary N) is 1. The van der Waals surface area contributed by atoms with Gasteiger partial charge in [-0.2, -0.15) is 4.31 Å². The first kappa shape index (κ1) is 21.6. The molecule has 1 heterocycles. The molecule has 0 atom stereocenters. The Morgan fingerprint density at radius 3 is 2.24 bits per heavy atom. The van der Waals surface area contributed by atoms with Crippen molar-refractivity contribution in [3.8, 4) is 5.75 Å². The van der Waals surface area contributed by atoms with E-state index in [-0.39, 0.29) is 17.3 Å². The normalized spacial score (nSPS) is 15.3. The zero-order valence-electron chi connectivity index (χ0n) is 16.5. The van der Waals surface area contributed by atoms with E-state index in [2.05, 4.69) is 5.32 Å². The fourth-order valence-electron chi connectivity index (χ4n) is 3.10. The Hall–Kier alpha value is -2.09. The Bertz CT molecular complexity index is 951. The molecule has 0 unspecified atom stereocenters. The third kappa shape index (κ3) is 5.29. The van der Waals surface area contributed by atoms with Crippen molar-refractivity contribution < 1.29 is 17.9 Å². The fraction of sp³-hybridized carbons (Fsp3) is 0.381. The summed E-state index contributed by atoms with van der Waals surface area (Å²) in [6.45, 7) is 4.79. The molecule has 0 aromatic heterocycles. The summed E-state index contributed by atoms with van der Waals surface area (Å²) >= 11 is 5.86. The largest absolute Gasteiger partial charge is 0.478 e. The van der Waals surface area contributed by atoms with Crippen LogP contribution in [0.5, 0.6) is 5.75 Å². The number of ether oxygens (including phenoxy) is 1. The molecule has 29 heavy (non-hydrogen) atoms. The van der Waals surface area contributed by atoms with E-state index in [0.717, 1.165) is 18.4 Å². The van der Waals surface area contributed by atoms with Crippen LogP contribution >= 0.6 is 11.6 Å². The van der Waals surface area contributed by atoms with Crippen molar-refractivity contribution in [2.45, 2.75) is 43.7 Å². The van der Waals surface area contributed by atoms with Crippen LogP contribution < -0.4 is 10.1 Å². The van der Waals surface area contributed by atoms with Gasteiger partial charge in [0.05, 0.1) is 4.90 Å². The lowest BCUT2D eigenvalue weighted by Gasteiger charge is -2.25. The molecular weight excluding hydrogens is 412 g/mol. The zero-order chi connectivity index (χ0) is 21.1. The Morgan fingerprint density at radius 1 is 1.07 bits per heavy atom. The van der Waals surface area contributed by atoms with Crippen LogP contribution in [0.4, 0.5) is 0 Å². The van der Waals surface area contributed by atoms with Gasteiger partial charge in [0, 0.05) is 24.7 Å². The van der Waals surface area contributed by atoms with Crippen LogP contribution in [-0.2, 0) is 21.4 Å². The van der Waals surface area contributed by atoms with Crippen molar-refractivity contribution in [1.82, 2.24) is 9.62 Å². The summed E-state index contributed by atoms with van der Waals surface area (Å²) in [6, 6.07) is 13.4. The Balaban J connectivity index is 1.59. The number of sulfonamides is 1. The Kier molecular flexibility index (Phi) is 6.51. The van der Waals surface area contributed by atoms with E-state index in [9.17, 15) is 13.2 Å². The molecule has 0 aliphatic carbocycles. The molecule has 0 saturated carbocycles. The second-order valence-corrected chi connectivity index (χ2v) is 9.88. The summed E-state index contributed by atoms with van der Waals surface area (Å²) in [5.41, 5.74) is -0.270. The van der Waals surface area contributed by atoms with Gasteiger partial charge in [-0.25, -0.2) is 8.42 Å². The second-order valence-electron chi connectivity index (χ2n) is 7.50. The number of hydrogen-bond acceptors (Lipinski definition) is 4. The van der Waals surface area contributed by atoms with Crippen molar-refractivity contribution >= 4 is 27.5 Å². The van der Waals surface area contributed by atoms with Crippen LogP contribution in [0, 0.1) is 0 Å². The van der Waals surface area contributed by atoms with E-state index in [4.69, 9.17) is 16.3 Å². The van der Waals surface area contributed by atoms with Crippen LogP contribution in [0.1, 0.15) is 32.3 Å². The van der Waals surface area contributed by atoms with Gasteiger partial charge < -0.3 is 10.1 Å². The van der Waals surface area contributed by atoms with Gasteiger partial charge in [-0.05, 0) is 68.7 Å². The number of rotatable bonds is 7. The van der Waals surface area contributed by atoms with E-state index in [1.165, 1.54) is 4.31 Å². The van der Waals surface area contributed by atoms with Crippen LogP contribution in [0.2, 0.25) is 5.02 Å². The van der Waals surface area contributed by atoms with Crippen molar-refractivity contribution in [3.05, 3.63) is 59.1 Å². The topological polar surface area (TPSA) is 75.7 Å². The van der Waals surface area contributed by atoms with Gasteiger partial charge in [0.15, 0.2) is 5.60 Å². The molecule has 1 N–H and O–H groups in total. The summed E-state index contributed by atoms with van der Waals surface area (Å²) < 4.78 is 32.4. The van der Waals surface area contributed by atoms with Crippen LogP contribution in [0.3, 0.4) is 0 Å². The summed E-state index contributed by atoms with van der Waals surface area (Å²) in [6.07, 6.45) is 1.80. The van der Waals surface area contributed by atoms with Crippen molar-refractivity contribution in [3.63, 3.8) is 0 Å². The highest BCUT2D eigenvalue weighted by Crippen LogP contribution is 2.22. The van der Waals surface area contributed by atoms with E-state index in [1.807, 2.05) is 0 Å². The minimum atomic E-state index is -3.43. The molecule has 0 spiro atoms. The zero-order valence-corrected chi connectivity index (χ0v) is 18.1. The SMILES string of the molecule is CC(C)(Oc1ccc(Cl)cc1)C(=O)NCc1ccc(S(=O)(=O)N2CCCC2)cc1. The molecule has 3 rings (SSSR count). The minimum absolute atomic E-state index is 0.274. The number of carbonyl (C=O) groups excluding carboxylic acids is 1. The number of amides is 1. The van der Waals surface area contributed by atoms with E-state index >= 15 is 0 Å². The third-order valence-corrected chi connectivity index (χ3v) is 6.98. The lowest BCUT2D eigenvalue weighted by Crippen LogP contribution is -2.46. The van der Waals surface area contributed by atoms with Gasteiger partial charge in [-0.3, -0.25) is 4.79 Å². The van der Waals surface area contributed by atoms with Crippen LogP contribution in [0.25, 0.3) is 0 Å².